The van der Waals surface area contributed by atoms with Crippen molar-refractivity contribution in [3.63, 3.8) is 0 Å². The van der Waals surface area contributed by atoms with Crippen LogP contribution in [0.25, 0.3) is 17.1 Å². The van der Waals surface area contributed by atoms with Crippen molar-refractivity contribution in [1.29, 1.82) is 0 Å². The van der Waals surface area contributed by atoms with Crippen LogP contribution < -0.4 is 11.1 Å². The first kappa shape index (κ1) is 16.6. The van der Waals surface area contributed by atoms with Gasteiger partial charge in [-0.3, -0.25) is 0 Å². The summed E-state index contributed by atoms with van der Waals surface area (Å²) in [7, 11) is 0. The molecular weight excluding hydrogens is 312 g/mol. The summed E-state index contributed by atoms with van der Waals surface area (Å²) in [5, 5.41) is 3.33. The highest BCUT2D eigenvalue weighted by Crippen LogP contribution is 2.28. The Morgan fingerprint density at radius 3 is 2.80 bits per heavy atom. The number of aromatic nitrogens is 2. The van der Waals surface area contributed by atoms with Crippen molar-refractivity contribution in [2.24, 2.45) is 0 Å². The second-order valence-electron chi connectivity index (χ2n) is 5.53. The van der Waals surface area contributed by atoms with Crippen LogP contribution in [0.3, 0.4) is 0 Å². The van der Waals surface area contributed by atoms with Crippen LogP contribution in [0.2, 0.25) is 0 Å². The Bertz CT molecular complexity index is 910. The molecule has 25 heavy (non-hydrogen) atoms. The minimum absolute atomic E-state index is 0.634. The van der Waals surface area contributed by atoms with Crippen LogP contribution in [0, 0.1) is 0 Å². The molecule has 0 aliphatic rings. The van der Waals surface area contributed by atoms with Gasteiger partial charge in [-0.15, -0.1) is 0 Å². The Balaban J connectivity index is 1.87. The SMILES string of the molecule is C/C=C(\C=C/c1nc2cc(N)c(Nc3ccccc3)cc2[nH]1)OCC. The van der Waals surface area contributed by atoms with Crippen LogP contribution in [0.15, 0.2) is 60.4 Å². The van der Waals surface area contributed by atoms with Crippen LogP contribution in [0.1, 0.15) is 19.7 Å². The summed E-state index contributed by atoms with van der Waals surface area (Å²) in [5.41, 5.74) is 10.4. The molecule has 0 radical (unpaired) electrons. The summed E-state index contributed by atoms with van der Waals surface area (Å²) < 4.78 is 5.49. The van der Waals surface area contributed by atoms with Crippen molar-refractivity contribution in [3.05, 3.63) is 66.2 Å². The van der Waals surface area contributed by atoms with Gasteiger partial charge in [0, 0.05) is 5.69 Å². The van der Waals surface area contributed by atoms with Crippen molar-refractivity contribution in [2.45, 2.75) is 13.8 Å². The Morgan fingerprint density at radius 1 is 1.28 bits per heavy atom. The van der Waals surface area contributed by atoms with Gasteiger partial charge in [-0.05, 0) is 56.3 Å². The van der Waals surface area contributed by atoms with E-state index in [9.17, 15) is 0 Å². The summed E-state index contributed by atoms with van der Waals surface area (Å²) in [5.74, 6) is 1.57. The number of para-hydroxylation sites is 1. The lowest BCUT2D eigenvalue weighted by atomic mass is 10.2. The predicted octanol–water partition coefficient (Wildman–Crippen LogP) is 4.84. The van der Waals surface area contributed by atoms with E-state index in [0.717, 1.165) is 34.0 Å². The molecule has 0 amide bonds. The number of allylic oxidation sites excluding steroid dienone is 2. The third kappa shape index (κ3) is 4.01. The van der Waals surface area contributed by atoms with E-state index in [4.69, 9.17) is 10.5 Å². The Morgan fingerprint density at radius 2 is 2.08 bits per heavy atom. The number of anilines is 3. The van der Waals surface area contributed by atoms with Gasteiger partial charge in [0.15, 0.2) is 0 Å². The molecule has 128 valence electrons. The van der Waals surface area contributed by atoms with E-state index in [1.807, 2.05) is 74.5 Å². The number of nitrogen functional groups attached to an aromatic ring is 1. The van der Waals surface area contributed by atoms with Gasteiger partial charge in [0.2, 0.25) is 0 Å². The number of ether oxygens (including phenoxy) is 1. The molecule has 5 heteroatoms. The maximum absolute atomic E-state index is 6.16. The molecule has 3 aromatic rings. The molecular formula is C20H22N4O. The molecule has 0 unspecified atom stereocenters. The number of H-pyrrole nitrogens is 1. The first-order chi connectivity index (χ1) is 12.2. The molecule has 0 bridgehead atoms. The zero-order valence-electron chi connectivity index (χ0n) is 14.4. The largest absolute Gasteiger partial charge is 0.494 e. The second-order valence-corrected chi connectivity index (χ2v) is 5.53. The topological polar surface area (TPSA) is 76.0 Å². The maximum atomic E-state index is 6.16. The Labute approximate surface area is 147 Å². The number of fused-ring (bicyclic) bond motifs is 1. The summed E-state index contributed by atoms with van der Waals surface area (Å²) in [4.78, 5) is 7.85. The van der Waals surface area contributed by atoms with Crippen LogP contribution in [-0.4, -0.2) is 16.6 Å². The van der Waals surface area contributed by atoms with E-state index < -0.39 is 0 Å². The van der Waals surface area contributed by atoms with Gasteiger partial charge in [0.1, 0.15) is 11.6 Å². The van der Waals surface area contributed by atoms with Crippen molar-refractivity contribution in [2.75, 3.05) is 17.7 Å². The second kappa shape index (κ2) is 7.57. The quantitative estimate of drug-likeness (QED) is 0.342. The smallest absolute Gasteiger partial charge is 0.131 e. The monoisotopic (exact) mass is 334 g/mol. The number of hydrogen-bond donors (Lipinski definition) is 3. The average Bonchev–Trinajstić information content (AvgIpc) is 3.01. The Hall–Kier alpha value is -3.21. The number of nitrogens with two attached hydrogens (primary N) is 1. The highest BCUT2D eigenvalue weighted by atomic mass is 16.5. The van der Waals surface area contributed by atoms with E-state index in [1.54, 1.807) is 0 Å². The molecule has 1 heterocycles. The lowest BCUT2D eigenvalue weighted by Gasteiger charge is -2.09. The fourth-order valence-corrected chi connectivity index (χ4v) is 2.51. The highest BCUT2D eigenvalue weighted by Gasteiger charge is 2.07. The molecule has 0 fully saturated rings. The number of nitrogens with one attached hydrogen (secondary N) is 2. The summed E-state index contributed by atoms with van der Waals surface area (Å²) in [6, 6.07) is 13.8. The molecule has 0 aliphatic heterocycles. The molecule has 0 spiro atoms. The van der Waals surface area contributed by atoms with E-state index >= 15 is 0 Å². The number of hydrogen-bond acceptors (Lipinski definition) is 4. The van der Waals surface area contributed by atoms with E-state index in [2.05, 4.69) is 15.3 Å². The fourth-order valence-electron chi connectivity index (χ4n) is 2.51. The number of rotatable bonds is 6. The van der Waals surface area contributed by atoms with Crippen LogP contribution in [0.4, 0.5) is 17.1 Å². The Kier molecular flexibility index (Phi) is 5.04. The molecule has 3 rings (SSSR count). The van der Waals surface area contributed by atoms with Crippen molar-refractivity contribution < 1.29 is 4.74 Å². The minimum Gasteiger partial charge on any atom is -0.494 e. The van der Waals surface area contributed by atoms with Gasteiger partial charge in [-0.2, -0.15) is 0 Å². The normalized spacial score (nSPS) is 12.0. The van der Waals surface area contributed by atoms with Gasteiger partial charge in [-0.1, -0.05) is 18.2 Å². The summed E-state index contributed by atoms with van der Waals surface area (Å²) >= 11 is 0. The average molecular weight is 334 g/mol. The number of nitrogens with zero attached hydrogens (tertiary/aromatic N) is 1. The first-order valence-corrected chi connectivity index (χ1v) is 8.28. The summed E-state index contributed by atoms with van der Waals surface area (Å²) in [6.45, 7) is 4.54. The zero-order valence-corrected chi connectivity index (χ0v) is 14.4. The number of aromatic amines is 1. The molecule has 0 aliphatic carbocycles. The van der Waals surface area contributed by atoms with Gasteiger partial charge in [-0.25, -0.2) is 4.98 Å². The van der Waals surface area contributed by atoms with E-state index in [1.165, 1.54) is 0 Å². The molecule has 5 nitrogen and oxygen atoms in total. The molecule has 4 N–H and O–H groups in total. The molecule has 0 atom stereocenters. The van der Waals surface area contributed by atoms with Gasteiger partial charge in [0.05, 0.1) is 29.0 Å². The van der Waals surface area contributed by atoms with Crippen molar-refractivity contribution >= 4 is 34.2 Å². The first-order valence-electron chi connectivity index (χ1n) is 8.28. The van der Waals surface area contributed by atoms with Crippen LogP contribution in [0.5, 0.6) is 0 Å². The third-order valence-corrected chi connectivity index (χ3v) is 3.73. The maximum Gasteiger partial charge on any atom is 0.131 e. The lowest BCUT2D eigenvalue weighted by molar-refractivity contribution is 0.242. The molecule has 0 saturated carbocycles. The zero-order chi connectivity index (χ0) is 17.6. The minimum atomic E-state index is 0.634. The van der Waals surface area contributed by atoms with Gasteiger partial charge < -0.3 is 20.8 Å². The van der Waals surface area contributed by atoms with Crippen molar-refractivity contribution in [3.8, 4) is 0 Å². The highest BCUT2D eigenvalue weighted by molar-refractivity contribution is 5.89. The number of benzene rings is 2. The van der Waals surface area contributed by atoms with E-state index in [-0.39, 0.29) is 0 Å². The molecule has 1 aromatic heterocycles. The lowest BCUT2D eigenvalue weighted by Crippen LogP contribution is -1.96. The summed E-state index contributed by atoms with van der Waals surface area (Å²) in [6.07, 6.45) is 5.71. The van der Waals surface area contributed by atoms with Crippen LogP contribution in [-0.2, 0) is 4.74 Å². The van der Waals surface area contributed by atoms with Crippen LogP contribution >= 0.6 is 0 Å². The predicted molar refractivity (Wildman–Crippen MR) is 105 cm³/mol. The third-order valence-electron chi connectivity index (χ3n) is 3.73. The number of imidazole rings is 1. The van der Waals surface area contributed by atoms with E-state index in [0.29, 0.717) is 12.3 Å². The van der Waals surface area contributed by atoms with Gasteiger partial charge >= 0.3 is 0 Å². The molecule has 2 aromatic carbocycles. The van der Waals surface area contributed by atoms with Crippen molar-refractivity contribution in [1.82, 2.24) is 9.97 Å². The molecule has 0 saturated heterocycles. The van der Waals surface area contributed by atoms with Gasteiger partial charge in [0.25, 0.3) is 0 Å². The standard InChI is InChI=1S/C20H22N4O/c1-3-15(25-4-2)10-11-20-23-18-12-16(21)17(13-19(18)24-20)22-14-8-6-5-7-9-14/h3,5-13,22H,4,21H2,1-2H3,(H,23,24)/b11-10-,15-3+. The fraction of sp³-hybridized carbons (Fsp3) is 0.150.